The highest BCUT2D eigenvalue weighted by Crippen LogP contribution is 2.63. The van der Waals surface area contributed by atoms with Crippen LogP contribution < -0.4 is 0 Å². The Kier molecular flexibility index (Phi) is 1.96. The van der Waals surface area contributed by atoms with Crippen molar-refractivity contribution in [2.45, 2.75) is 37.8 Å². The Morgan fingerprint density at radius 2 is 2.10 bits per heavy atom. The van der Waals surface area contributed by atoms with Crippen molar-refractivity contribution in [1.29, 1.82) is 0 Å². The molecule has 5 rings (SSSR count). The zero-order valence-electron chi connectivity index (χ0n) is 11.4. The lowest BCUT2D eigenvalue weighted by Crippen LogP contribution is -2.58. The van der Waals surface area contributed by atoms with Crippen LogP contribution in [0.4, 0.5) is 0 Å². The first-order valence-electron chi connectivity index (χ1n) is 7.59. The summed E-state index contributed by atoms with van der Waals surface area (Å²) in [5.74, 6) is 0.354. The number of aromatic nitrogens is 2. The molecule has 1 aromatic carbocycles. The summed E-state index contributed by atoms with van der Waals surface area (Å²) in [5, 5.41) is 10.7. The van der Waals surface area contributed by atoms with E-state index in [9.17, 15) is 5.11 Å². The molecular formula is C17H18N2O. The third-order valence-electron chi connectivity index (χ3n) is 5.95. The zero-order chi connectivity index (χ0) is 13.3. The molecule has 20 heavy (non-hydrogen) atoms. The fourth-order valence-corrected chi connectivity index (χ4v) is 4.72. The van der Waals surface area contributed by atoms with E-state index in [4.69, 9.17) is 0 Å². The molecule has 2 aromatic rings. The summed E-state index contributed by atoms with van der Waals surface area (Å²) in [4.78, 5) is 4.31. The van der Waals surface area contributed by atoms with E-state index < -0.39 is 0 Å². The lowest BCUT2D eigenvalue weighted by atomic mass is 9.48. The molecule has 1 spiro atoms. The van der Waals surface area contributed by atoms with Crippen molar-refractivity contribution >= 4 is 0 Å². The average molecular weight is 266 g/mol. The molecule has 0 amide bonds. The van der Waals surface area contributed by atoms with E-state index in [0.29, 0.717) is 5.92 Å². The molecule has 0 saturated heterocycles. The number of hydrogen-bond acceptors (Lipinski definition) is 2. The summed E-state index contributed by atoms with van der Waals surface area (Å²) in [6.07, 6.45) is 8.64. The molecule has 2 aliphatic carbocycles. The van der Waals surface area contributed by atoms with E-state index in [1.165, 1.54) is 42.5 Å². The van der Waals surface area contributed by atoms with Gasteiger partial charge in [0.1, 0.15) is 0 Å². The van der Waals surface area contributed by atoms with Crippen LogP contribution in [0.5, 0.6) is 0 Å². The molecule has 2 heterocycles. The van der Waals surface area contributed by atoms with Gasteiger partial charge in [-0.15, -0.1) is 0 Å². The lowest BCUT2D eigenvalue weighted by molar-refractivity contribution is -0.173. The van der Waals surface area contributed by atoms with Gasteiger partial charge in [-0.2, -0.15) is 0 Å². The van der Waals surface area contributed by atoms with Crippen molar-refractivity contribution in [3.63, 3.8) is 0 Å². The molecular weight excluding hydrogens is 248 g/mol. The quantitative estimate of drug-likeness (QED) is 0.861. The van der Waals surface area contributed by atoms with Crippen LogP contribution in [0.25, 0.3) is 11.3 Å². The number of hydrogen-bond donors (Lipinski definition) is 1. The smallest absolute Gasteiger partial charge is 0.0956 e. The fraction of sp³-hybridized carbons (Fsp3) is 0.471. The number of fused-ring (bicyclic) bond motifs is 3. The largest absolute Gasteiger partial charge is 0.392 e. The van der Waals surface area contributed by atoms with Crippen molar-refractivity contribution in [2.75, 3.05) is 0 Å². The molecule has 2 saturated carbocycles. The van der Waals surface area contributed by atoms with Crippen LogP contribution >= 0.6 is 0 Å². The third-order valence-corrected chi connectivity index (χ3v) is 5.95. The van der Waals surface area contributed by atoms with E-state index in [0.717, 1.165) is 0 Å². The Morgan fingerprint density at radius 3 is 2.85 bits per heavy atom. The Balaban J connectivity index is 1.59. The van der Waals surface area contributed by atoms with Gasteiger partial charge in [-0.3, -0.25) is 0 Å². The monoisotopic (exact) mass is 266 g/mol. The van der Waals surface area contributed by atoms with Gasteiger partial charge in [-0.25, -0.2) is 4.98 Å². The van der Waals surface area contributed by atoms with Crippen LogP contribution in [-0.4, -0.2) is 20.8 Å². The number of aliphatic hydroxyl groups is 1. The van der Waals surface area contributed by atoms with Crippen LogP contribution in [-0.2, 0) is 0 Å². The maximum Gasteiger partial charge on any atom is 0.0956 e. The SMILES string of the molecule is O[C@@H]1[C@H]([C@@H]2c3ccccc3-c3cncn32)CC12CCC2. The predicted molar refractivity (Wildman–Crippen MR) is 76.2 cm³/mol. The van der Waals surface area contributed by atoms with Gasteiger partial charge < -0.3 is 9.67 Å². The van der Waals surface area contributed by atoms with Crippen molar-refractivity contribution in [1.82, 2.24) is 9.55 Å². The van der Waals surface area contributed by atoms with Gasteiger partial charge in [0.25, 0.3) is 0 Å². The Hall–Kier alpha value is -1.61. The van der Waals surface area contributed by atoms with Crippen LogP contribution in [0.1, 0.15) is 37.3 Å². The molecule has 3 atom stereocenters. The topological polar surface area (TPSA) is 38.1 Å². The first kappa shape index (κ1) is 11.1. The number of benzene rings is 1. The summed E-state index contributed by atoms with van der Waals surface area (Å²) in [6.45, 7) is 0. The van der Waals surface area contributed by atoms with E-state index in [-0.39, 0.29) is 17.6 Å². The minimum Gasteiger partial charge on any atom is -0.392 e. The van der Waals surface area contributed by atoms with Gasteiger partial charge in [0, 0.05) is 11.5 Å². The third kappa shape index (κ3) is 1.14. The summed E-state index contributed by atoms with van der Waals surface area (Å²) in [5.41, 5.74) is 4.12. The van der Waals surface area contributed by atoms with Gasteiger partial charge in [-0.1, -0.05) is 30.7 Å². The first-order valence-corrected chi connectivity index (χ1v) is 7.59. The second-order valence-electron chi connectivity index (χ2n) is 6.75. The fourth-order valence-electron chi connectivity index (χ4n) is 4.72. The lowest BCUT2D eigenvalue weighted by Gasteiger charge is -2.60. The maximum atomic E-state index is 10.7. The van der Waals surface area contributed by atoms with E-state index in [2.05, 4.69) is 33.8 Å². The number of nitrogens with zero attached hydrogens (tertiary/aromatic N) is 2. The molecule has 0 unspecified atom stereocenters. The van der Waals surface area contributed by atoms with Gasteiger partial charge in [0.2, 0.25) is 0 Å². The highest BCUT2D eigenvalue weighted by Gasteiger charge is 2.59. The van der Waals surface area contributed by atoms with E-state index in [1.807, 2.05) is 12.5 Å². The van der Waals surface area contributed by atoms with Crippen LogP contribution in [0.15, 0.2) is 36.8 Å². The van der Waals surface area contributed by atoms with Gasteiger partial charge in [-0.05, 0) is 30.2 Å². The average Bonchev–Trinajstić information content (AvgIpc) is 2.98. The molecule has 102 valence electrons. The van der Waals surface area contributed by atoms with Gasteiger partial charge in [0.05, 0.1) is 30.4 Å². The van der Waals surface area contributed by atoms with Crippen molar-refractivity contribution in [3.8, 4) is 11.3 Å². The summed E-state index contributed by atoms with van der Waals surface area (Å²) in [6, 6.07) is 8.86. The van der Waals surface area contributed by atoms with Crippen LogP contribution in [0, 0.1) is 11.3 Å². The van der Waals surface area contributed by atoms with Gasteiger partial charge in [0.15, 0.2) is 0 Å². The number of aliphatic hydroxyl groups excluding tert-OH is 1. The molecule has 3 heteroatoms. The normalized spacial score (nSPS) is 32.4. The zero-order valence-corrected chi connectivity index (χ0v) is 11.4. The molecule has 1 N–H and O–H groups in total. The summed E-state index contributed by atoms with van der Waals surface area (Å²) < 4.78 is 2.27. The number of rotatable bonds is 1. The van der Waals surface area contributed by atoms with E-state index in [1.54, 1.807) is 0 Å². The standard InChI is InChI=1S/C17H18N2O/c20-16-13(8-17(16)6-3-7-17)15-12-5-2-1-4-11(12)14-9-18-10-19(14)15/h1-2,4-5,9-10,13,15-16,20H,3,6-8H2/t13-,15-,16+/m0/s1. The second kappa shape index (κ2) is 3.53. The van der Waals surface area contributed by atoms with Crippen molar-refractivity contribution < 1.29 is 5.11 Å². The van der Waals surface area contributed by atoms with E-state index >= 15 is 0 Å². The Bertz CT molecular complexity index is 686. The summed E-state index contributed by atoms with van der Waals surface area (Å²) in [7, 11) is 0. The first-order chi connectivity index (χ1) is 9.80. The highest BCUT2D eigenvalue weighted by atomic mass is 16.3. The molecule has 3 aliphatic rings. The minimum atomic E-state index is -0.136. The summed E-state index contributed by atoms with van der Waals surface area (Å²) >= 11 is 0. The predicted octanol–water partition coefficient (Wildman–Crippen LogP) is 3.00. The maximum absolute atomic E-state index is 10.7. The molecule has 3 nitrogen and oxygen atoms in total. The van der Waals surface area contributed by atoms with Crippen LogP contribution in [0.2, 0.25) is 0 Å². The highest BCUT2D eigenvalue weighted by molar-refractivity contribution is 5.69. The van der Waals surface area contributed by atoms with Crippen LogP contribution in [0.3, 0.4) is 0 Å². The second-order valence-corrected chi connectivity index (χ2v) is 6.75. The van der Waals surface area contributed by atoms with Gasteiger partial charge >= 0.3 is 0 Å². The minimum absolute atomic E-state index is 0.136. The Morgan fingerprint density at radius 1 is 1.25 bits per heavy atom. The number of imidazole rings is 1. The Labute approximate surface area is 118 Å². The van der Waals surface area contributed by atoms with Crippen molar-refractivity contribution in [3.05, 3.63) is 42.4 Å². The molecule has 2 fully saturated rings. The molecule has 1 aromatic heterocycles. The molecule has 0 radical (unpaired) electrons. The molecule has 1 aliphatic heterocycles. The molecule has 0 bridgehead atoms. The van der Waals surface area contributed by atoms with Crippen molar-refractivity contribution in [2.24, 2.45) is 11.3 Å².